The van der Waals surface area contributed by atoms with Gasteiger partial charge in [0, 0.05) is 19.4 Å². The van der Waals surface area contributed by atoms with E-state index in [1.807, 2.05) is 0 Å². The number of carbonyl (C=O) groups excluding carboxylic acids is 2. The Morgan fingerprint density at radius 1 is 0.581 bits per heavy atom. The highest BCUT2D eigenvalue weighted by Gasteiger charge is 2.32. The van der Waals surface area contributed by atoms with Crippen molar-refractivity contribution in [2.45, 2.75) is 206 Å². The van der Waals surface area contributed by atoms with Gasteiger partial charge in [0.15, 0.2) is 0 Å². The van der Waals surface area contributed by atoms with E-state index in [1.54, 1.807) is 0 Å². The molecule has 0 aliphatic carbocycles. The number of nitrogens with zero attached hydrogens (tertiary/aromatic N) is 1. The van der Waals surface area contributed by atoms with Gasteiger partial charge in [0.1, 0.15) is 11.9 Å². The minimum absolute atomic E-state index is 0.0331. The first-order valence-corrected chi connectivity index (χ1v) is 19.1. The van der Waals surface area contributed by atoms with Crippen LogP contribution in [0.5, 0.6) is 0 Å². The summed E-state index contributed by atoms with van der Waals surface area (Å²) in [7, 11) is 0. The van der Waals surface area contributed by atoms with Crippen molar-refractivity contribution in [1.29, 1.82) is 0 Å². The lowest BCUT2D eigenvalue weighted by Crippen LogP contribution is -2.35. The molecule has 0 aliphatic heterocycles. The Bertz CT molecular complexity index is 580. The first-order valence-electron chi connectivity index (χ1n) is 19.1. The lowest BCUT2D eigenvalue weighted by Gasteiger charge is -2.34. The van der Waals surface area contributed by atoms with Gasteiger partial charge in [0.2, 0.25) is 0 Å². The van der Waals surface area contributed by atoms with Crippen molar-refractivity contribution in [2.24, 2.45) is 0 Å². The minimum atomic E-state index is -0.243. The quantitative estimate of drug-likeness (QED) is 0.0440. The summed E-state index contributed by atoms with van der Waals surface area (Å²) in [6.45, 7) is 9.85. The molecule has 0 heterocycles. The van der Waals surface area contributed by atoms with Crippen LogP contribution in [0.15, 0.2) is 0 Å². The van der Waals surface area contributed by atoms with E-state index in [2.05, 4.69) is 25.7 Å². The number of aliphatic hydroxyl groups excluding tert-OH is 1. The van der Waals surface area contributed by atoms with Crippen LogP contribution in [0.3, 0.4) is 0 Å². The van der Waals surface area contributed by atoms with Crippen molar-refractivity contribution in [3.63, 3.8) is 0 Å². The van der Waals surface area contributed by atoms with E-state index in [1.165, 1.54) is 103 Å². The van der Waals surface area contributed by atoms with Crippen molar-refractivity contribution in [3.8, 4) is 0 Å². The van der Waals surface area contributed by atoms with Crippen LogP contribution in [0.4, 0.5) is 0 Å². The van der Waals surface area contributed by atoms with Gasteiger partial charge in [-0.3, -0.25) is 4.79 Å². The summed E-state index contributed by atoms with van der Waals surface area (Å²) in [6.07, 6.45) is 33.1. The summed E-state index contributed by atoms with van der Waals surface area (Å²) in [6, 6.07) is 0. The number of hydrogen-bond donors (Lipinski definition) is 1. The average Bonchev–Trinajstić information content (AvgIpc) is 2.99. The van der Waals surface area contributed by atoms with E-state index in [4.69, 9.17) is 4.74 Å². The molecule has 0 aliphatic rings. The Morgan fingerprint density at radius 2 is 1.05 bits per heavy atom. The molecule has 0 radical (unpaired) electrons. The molecule has 0 saturated carbocycles. The van der Waals surface area contributed by atoms with Gasteiger partial charge in [0.25, 0.3) is 0 Å². The van der Waals surface area contributed by atoms with Gasteiger partial charge in [-0.15, -0.1) is 0 Å². The summed E-state index contributed by atoms with van der Waals surface area (Å²) in [4.78, 5) is 25.9. The van der Waals surface area contributed by atoms with Gasteiger partial charge in [-0.2, -0.15) is 0 Å². The third kappa shape index (κ3) is 27.1. The first-order chi connectivity index (χ1) is 21.1. The fourth-order valence-corrected chi connectivity index (χ4v) is 6.44. The van der Waals surface area contributed by atoms with Crippen LogP contribution in [0.2, 0.25) is 0 Å². The Hall–Kier alpha value is -0.940. The summed E-state index contributed by atoms with van der Waals surface area (Å²) in [5.41, 5.74) is -0.243. The molecule has 256 valence electrons. The molecule has 0 atom stereocenters. The summed E-state index contributed by atoms with van der Waals surface area (Å²) < 4.78 is 6.41. The predicted octanol–water partition coefficient (Wildman–Crippen LogP) is 10.7. The van der Waals surface area contributed by atoms with E-state index in [0.717, 1.165) is 90.1 Å². The molecule has 0 aromatic rings. The number of ether oxygens (including phenoxy) is 1. The number of hydrogen-bond acceptors (Lipinski definition) is 5. The second-order valence-corrected chi connectivity index (χ2v) is 13.2. The van der Waals surface area contributed by atoms with Gasteiger partial charge < -0.3 is 19.5 Å². The number of unbranched alkanes of at least 4 members (excludes halogenated alkanes) is 19. The molecular formula is C38H75NO4. The average molecular weight is 610 g/mol. The standard InChI is InChI=1S/C38H75NO4/c1-4-7-9-11-17-23-30-38(29-6-3,31-24-18-12-10-8-5-2)43-37(42)28-22-16-15-20-26-33-39(34-36-41)32-25-19-13-14-21-27-35-40/h35,41H,4-34,36H2,1-3H3. The molecular weight excluding hydrogens is 534 g/mol. The maximum absolute atomic E-state index is 13.1. The van der Waals surface area contributed by atoms with Crippen LogP contribution in [-0.2, 0) is 14.3 Å². The molecule has 0 aromatic heterocycles. The van der Waals surface area contributed by atoms with E-state index < -0.39 is 0 Å². The zero-order valence-corrected chi connectivity index (χ0v) is 29.3. The van der Waals surface area contributed by atoms with Crippen LogP contribution < -0.4 is 0 Å². The summed E-state index contributed by atoms with van der Waals surface area (Å²) >= 11 is 0. The highest BCUT2D eigenvalue weighted by atomic mass is 16.6. The molecule has 1 N–H and O–H groups in total. The van der Waals surface area contributed by atoms with E-state index in [0.29, 0.717) is 12.8 Å². The van der Waals surface area contributed by atoms with Gasteiger partial charge in [-0.1, -0.05) is 130 Å². The van der Waals surface area contributed by atoms with Crippen molar-refractivity contribution >= 4 is 12.3 Å². The van der Waals surface area contributed by atoms with Crippen LogP contribution in [0, 0.1) is 0 Å². The second kappa shape index (κ2) is 32.5. The zero-order chi connectivity index (χ0) is 31.7. The fourth-order valence-electron chi connectivity index (χ4n) is 6.44. The molecule has 0 rings (SSSR count). The maximum Gasteiger partial charge on any atom is 0.306 e. The normalized spacial score (nSPS) is 11.8. The second-order valence-electron chi connectivity index (χ2n) is 13.2. The molecule has 0 bridgehead atoms. The maximum atomic E-state index is 13.1. The van der Waals surface area contributed by atoms with Crippen molar-refractivity contribution in [2.75, 3.05) is 26.2 Å². The Morgan fingerprint density at radius 3 is 1.53 bits per heavy atom. The topological polar surface area (TPSA) is 66.8 Å². The minimum Gasteiger partial charge on any atom is -0.459 e. The van der Waals surface area contributed by atoms with Crippen LogP contribution in [-0.4, -0.2) is 54.1 Å². The number of esters is 1. The fraction of sp³-hybridized carbons (Fsp3) is 0.947. The summed E-state index contributed by atoms with van der Waals surface area (Å²) in [5, 5.41) is 9.44. The highest BCUT2D eigenvalue weighted by Crippen LogP contribution is 2.33. The van der Waals surface area contributed by atoms with Crippen LogP contribution >= 0.6 is 0 Å². The van der Waals surface area contributed by atoms with Crippen LogP contribution in [0.25, 0.3) is 0 Å². The van der Waals surface area contributed by atoms with Gasteiger partial charge >= 0.3 is 5.97 Å². The van der Waals surface area contributed by atoms with Crippen molar-refractivity contribution in [1.82, 2.24) is 4.90 Å². The third-order valence-corrected chi connectivity index (χ3v) is 9.08. The Balaban J connectivity index is 4.43. The first kappa shape index (κ1) is 42.1. The Kier molecular flexibility index (Phi) is 31.7. The van der Waals surface area contributed by atoms with E-state index in [-0.39, 0.29) is 18.2 Å². The monoisotopic (exact) mass is 610 g/mol. The summed E-state index contributed by atoms with van der Waals surface area (Å²) in [5.74, 6) is 0.0331. The molecule has 0 unspecified atom stereocenters. The van der Waals surface area contributed by atoms with E-state index in [9.17, 15) is 14.7 Å². The van der Waals surface area contributed by atoms with Crippen molar-refractivity contribution in [3.05, 3.63) is 0 Å². The molecule has 5 nitrogen and oxygen atoms in total. The highest BCUT2D eigenvalue weighted by molar-refractivity contribution is 5.69. The van der Waals surface area contributed by atoms with Crippen LogP contribution in [0.1, 0.15) is 201 Å². The molecule has 43 heavy (non-hydrogen) atoms. The molecule has 0 saturated heterocycles. The van der Waals surface area contributed by atoms with Gasteiger partial charge in [0.05, 0.1) is 6.61 Å². The molecule has 0 aromatic carbocycles. The molecule has 0 fully saturated rings. The number of aliphatic hydroxyl groups is 1. The zero-order valence-electron chi connectivity index (χ0n) is 29.3. The largest absolute Gasteiger partial charge is 0.459 e. The SMILES string of the molecule is CCCCCCCCC(CCC)(CCCCCCCC)OC(=O)CCCCCCCN(CCO)CCCCCCCC=O. The lowest BCUT2D eigenvalue weighted by atomic mass is 9.85. The van der Waals surface area contributed by atoms with E-state index >= 15 is 0 Å². The number of aldehydes is 1. The van der Waals surface area contributed by atoms with Crippen molar-refractivity contribution < 1.29 is 19.4 Å². The van der Waals surface area contributed by atoms with Gasteiger partial charge in [-0.05, 0) is 70.9 Å². The predicted molar refractivity (Wildman–Crippen MR) is 185 cm³/mol. The number of rotatable bonds is 35. The molecule has 0 amide bonds. The number of carbonyl (C=O) groups is 2. The molecule has 5 heteroatoms. The molecule has 0 spiro atoms. The Labute approximate surface area is 268 Å². The van der Waals surface area contributed by atoms with Gasteiger partial charge in [-0.25, -0.2) is 0 Å². The third-order valence-electron chi connectivity index (χ3n) is 9.08. The lowest BCUT2D eigenvalue weighted by molar-refractivity contribution is -0.163. The smallest absolute Gasteiger partial charge is 0.306 e.